The van der Waals surface area contributed by atoms with E-state index in [0.29, 0.717) is 6.61 Å². The van der Waals surface area contributed by atoms with Gasteiger partial charge in [-0.25, -0.2) is 0 Å². The summed E-state index contributed by atoms with van der Waals surface area (Å²) >= 11 is 0. The first kappa shape index (κ1) is 13.5. The Hall–Kier alpha value is -0.570. The van der Waals surface area contributed by atoms with Gasteiger partial charge in [0.15, 0.2) is 0 Å². The van der Waals surface area contributed by atoms with E-state index < -0.39 is 0 Å². The van der Waals surface area contributed by atoms with Gasteiger partial charge in [-0.05, 0) is 32.7 Å². The quantitative estimate of drug-likeness (QED) is 0.579. The highest BCUT2D eigenvalue weighted by atomic mass is 16.5. The standard InChI is InChI=1S/C13H25NO2/c1-3-11-14-13(12(15)16-4-2)9-7-5-6-8-10-13/h14H,3-11H2,1-2H3. The lowest BCUT2D eigenvalue weighted by atomic mass is 9.90. The molecule has 0 unspecified atom stereocenters. The Labute approximate surface area is 98.9 Å². The minimum atomic E-state index is -0.386. The Balaban J connectivity index is 2.68. The third-order valence-corrected chi connectivity index (χ3v) is 3.34. The number of esters is 1. The zero-order chi connectivity index (χ0) is 11.9. The van der Waals surface area contributed by atoms with Crippen molar-refractivity contribution in [3.8, 4) is 0 Å². The van der Waals surface area contributed by atoms with Gasteiger partial charge in [-0.1, -0.05) is 32.6 Å². The van der Waals surface area contributed by atoms with E-state index in [-0.39, 0.29) is 11.5 Å². The van der Waals surface area contributed by atoms with Gasteiger partial charge in [0, 0.05) is 0 Å². The lowest BCUT2D eigenvalue weighted by Gasteiger charge is -2.31. The molecule has 0 amide bonds. The molecule has 94 valence electrons. The van der Waals surface area contributed by atoms with Crippen molar-refractivity contribution in [1.82, 2.24) is 5.32 Å². The van der Waals surface area contributed by atoms with E-state index in [1.165, 1.54) is 12.8 Å². The van der Waals surface area contributed by atoms with E-state index in [0.717, 1.165) is 38.6 Å². The highest BCUT2D eigenvalue weighted by Gasteiger charge is 2.39. The zero-order valence-electron chi connectivity index (χ0n) is 10.7. The van der Waals surface area contributed by atoms with Crippen LogP contribution in [0.15, 0.2) is 0 Å². The lowest BCUT2D eigenvalue weighted by molar-refractivity contribution is -0.152. The Morgan fingerprint density at radius 3 is 2.31 bits per heavy atom. The second kappa shape index (κ2) is 6.89. The molecule has 0 heterocycles. The summed E-state index contributed by atoms with van der Waals surface area (Å²) in [4.78, 5) is 12.1. The van der Waals surface area contributed by atoms with Crippen LogP contribution in [0.4, 0.5) is 0 Å². The van der Waals surface area contributed by atoms with Crippen LogP contribution in [-0.2, 0) is 9.53 Å². The number of ether oxygens (including phenoxy) is 1. The normalized spacial score (nSPS) is 20.1. The van der Waals surface area contributed by atoms with Gasteiger partial charge >= 0.3 is 5.97 Å². The largest absolute Gasteiger partial charge is 0.465 e. The first-order chi connectivity index (χ1) is 7.75. The fraction of sp³-hybridized carbons (Fsp3) is 0.923. The van der Waals surface area contributed by atoms with Gasteiger partial charge in [0.1, 0.15) is 5.54 Å². The Morgan fingerprint density at radius 2 is 1.81 bits per heavy atom. The monoisotopic (exact) mass is 227 g/mol. The molecule has 0 saturated heterocycles. The minimum absolute atomic E-state index is 0.0367. The molecule has 0 aromatic heterocycles. The summed E-state index contributed by atoms with van der Waals surface area (Å²) in [6.45, 7) is 5.39. The maximum Gasteiger partial charge on any atom is 0.326 e. The van der Waals surface area contributed by atoms with E-state index in [2.05, 4.69) is 12.2 Å². The molecule has 0 radical (unpaired) electrons. The van der Waals surface area contributed by atoms with E-state index in [9.17, 15) is 4.79 Å². The van der Waals surface area contributed by atoms with Gasteiger partial charge in [-0.2, -0.15) is 0 Å². The van der Waals surface area contributed by atoms with Crippen LogP contribution in [0.2, 0.25) is 0 Å². The Bertz CT molecular complexity index is 208. The molecule has 1 rings (SSSR count). The smallest absolute Gasteiger partial charge is 0.326 e. The number of hydrogen-bond acceptors (Lipinski definition) is 3. The lowest BCUT2D eigenvalue weighted by Crippen LogP contribution is -2.52. The van der Waals surface area contributed by atoms with Crippen LogP contribution in [0, 0.1) is 0 Å². The molecule has 1 aliphatic rings. The average molecular weight is 227 g/mol. The van der Waals surface area contributed by atoms with Gasteiger partial charge in [-0.3, -0.25) is 4.79 Å². The predicted octanol–water partition coefficient (Wildman–Crippen LogP) is 2.64. The van der Waals surface area contributed by atoms with Crippen LogP contribution in [0.25, 0.3) is 0 Å². The van der Waals surface area contributed by atoms with Crippen LogP contribution in [0.3, 0.4) is 0 Å². The summed E-state index contributed by atoms with van der Waals surface area (Å²) in [6.07, 6.45) is 7.69. The van der Waals surface area contributed by atoms with Crippen molar-refractivity contribution in [1.29, 1.82) is 0 Å². The van der Waals surface area contributed by atoms with Gasteiger partial charge in [-0.15, -0.1) is 0 Å². The van der Waals surface area contributed by atoms with Gasteiger partial charge < -0.3 is 10.1 Å². The van der Waals surface area contributed by atoms with E-state index >= 15 is 0 Å². The Kier molecular flexibility index (Phi) is 5.81. The van der Waals surface area contributed by atoms with E-state index in [1.54, 1.807) is 0 Å². The fourth-order valence-electron chi connectivity index (χ4n) is 2.42. The molecule has 0 aromatic carbocycles. The van der Waals surface area contributed by atoms with E-state index in [1.807, 2.05) is 6.92 Å². The van der Waals surface area contributed by atoms with Crippen LogP contribution in [0.1, 0.15) is 58.8 Å². The summed E-state index contributed by atoms with van der Waals surface area (Å²) in [5, 5.41) is 3.43. The fourth-order valence-corrected chi connectivity index (χ4v) is 2.42. The highest BCUT2D eigenvalue weighted by Crippen LogP contribution is 2.28. The molecule has 0 aromatic rings. The maximum atomic E-state index is 12.1. The molecule has 3 nitrogen and oxygen atoms in total. The van der Waals surface area contributed by atoms with Crippen molar-refractivity contribution in [2.75, 3.05) is 13.2 Å². The van der Waals surface area contributed by atoms with Crippen LogP contribution in [-0.4, -0.2) is 24.7 Å². The minimum Gasteiger partial charge on any atom is -0.465 e. The average Bonchev–Trinajstić information content (AvgIpc) is 2.53. The second-order valence-electron chi connectivity index (χ2n) is 4.64. The third kappa shape index (κ3) is 3.48. The first-order valence-corrected chi connectivity index (χ1v) is 6.67. The summed E-state index contributed by atoms with van der Waals surface area (Å²) in [5.74, 6) is -0.0367. The Morgan fingerprint density at radius 1 is 1.19 bits per heavy atom. The van der Waals surface area contributed by atoms with Crippen LogP contribution >= 0.6 is 0 Å². The maximum absolute atomic E-state index is 12.1. The molecular formula is C13H25NO2. The summed E-state index contributed by atoms with van der Waals surface area (Å²) in [7, 11) is 0. The summed E-state index contributed by atoms with van der Waals surface area (Å²) < 4.78 is 5.24. The number of carbonyl (C=O) groups excluding carboxylic acids is 1. The van der Waals surface area contributed by atoms with Crippen molar-refractivity contribution in [3.63, 3.8) is 0 Å². The molecule has 1 saturated carbocycles. The topological polar surface area (TPSA) is 38.3 Å². The molecule has 1 fully saturated rings. The predicted molar refractivity (Wildman–Crippen MR) is 65.4 cm³/mol. The molecule has 1 aliphatic carbocycles. The molecule has 16 heavy (non-hydrogen) atoms. The van der Waals surface area contributed by atoms with Crippen molar-refractivity contribution < 1.29 is 9.53 Å². The van der Waals surface area contributed by atoms with Crippen molar-refractivity contribution in [2.45, 2.75) is 64.3 Å². The third-order valence-electron chi connectivity index (χ3n) is 3.34. The molecule has 1 N–H and O–H groups in total. The highest BCUT2D eigenvalue weighted by molar-refractivity contribution is 5.80. The summed E-state index contributed by atoms with van der Waals surface area (Å²) in [5.41, 5.74) is -0.386. The van der Waals surface area contributed by atoms with Crippen molar-refractivity contribution in [3.05, 3.63) is 0 Å². The van der Waals surface area contributed by atoms with Gasteiger partial charge in [0.25, 0.3) is 0 Å². The summed E-state index contributed by atoms with van der Waals surface area (Å²) in [6, 6.07) is 0. The molecule has 0 aliphatic heterocycles. The first-order valence-electron chi connectivity index (χ1n) is 6.67. The zero-order valence-corrected chi connectivity index (χ0v) is 10.7. The van der Waals surface area contributed by atoms with Crippen molar-refractivity contribution in [2.24, 2.45) is 0 Å². The number of hydrogen-bond donors (Lipinski definition) is 1. The number of nitrogens with one attached hydrogen (secondary N) is 1. The second-order valence-corrected chi connectivity index (χ2v) is 4.64. The number of rotatable bonds is 5. The van der Waals surface area contributed by atoms with Crippen molar-refractivity contribution >= 4 is 5.97 Å². The van der Waals surface area contributed by atoms with Gasteiger partial charge in [0.2, 0.25) is 0 Å². The molecular weight excluding hydrogens is 202 g/mol. The molecule has 0 atom stereocenters. The van der Waals surface area contributed by atoms with Crippen LogP contribution in [0.5, 0.6) is 0 Å². The van der Waals surface area contributed by atoms with Crippen LogP contribution < -0.4 is 5.32 Å². The van der Waals surface area contributed by atoms with E-state index in [4.69, 9.17) is 4.74 Å². The number of carbonyl (C=O) groups is 1. The molecule has 0 bridgehead atoms. The molecule has 3 heteroatoms. The SMILES string of the molecule is CCCNC1(C(=O)OCC)CCCCCC1. The van der Waals surface area contributed by atoms with Gasteiger partial charge in [0.05, 0.1) is 6.61 Å². The molecule has 0 spiro atoms.